The quantitative estimate of drug-likeness (QED) is 0.326. The van der Waals surface area contributed by atoms with Crippen molar-refractivity contribution in [2.24, 2.45) is 22.7 Å². The lowest BCUT2D eigenvalue weighted by molar-refractivity contribution is -0.136. The van der Waals surface area contributed by atoms with Crippen molar-refractivity contribution in [3.8, 4) is 0 Å². The summed E-state index contributed by atoms with van der Waals surface area (Å²) in [5, 5.41) is 9.15. The molecule has 2 saturated carbocycles. The van der Waals surface area contributed by atoms with Crippen molar-refractivity contribution in [1.82, 2.24) is 25.9 Å². The van der Waals surface area contributed by atoms with Crippen LogP contribution in [0.25, 0.3) is 11.0 Å². The van der Waals surface area contributed by atoms with Gasteiger partial charge in [0.05, 0.1) is 36.2 Å². The number of alkyl carbamates (subject to hydrolysis) is 1. The van der Waals surface area contributed by atoms with Crippen LogP contribution in [0.3, 0.4) is 0 Å². The molecule has 3 fully saturated rings. The number of imidazole rings is 1. The zero-order valence-corrected chi connectivity index (χ0v) is 26.6. The van der Waals surface area contributed by atoms with Gasteiger partial charge in [0.2, 0.25) is 11.8 Å². The summed E-state index contributed by atoms with van der Waals surface area (Å²) in [6.07, 6.45) is 6.01. The molecule has 1 saturated heterocycles. The molecule has 5 atom stereocenters. The largest absolute Gasteiger partial charge is 0.453 e. The van der Waals surface area contributed by atoms with Gasteiger partial charge in [-0.2, -0.15) is 0 Å². The summed E-state index contributed by atoms with van der Waals surface area (Å²) in [4.78, 5) is 48.2. The fourth-order valence-corrected chi connectivity index (χ4v) is 7.87. The Kier molecular flexibility index (Phi) is 8.80. The van der Waals surface area contributed by atoms with E-state index < -0.39 is 17.6 Å². The average molecular weight is 596 g/mol. The van der Waals surface area contributed by atoms with Crippen LogP contribution in [-0.2, 0) is 24.5 Å². The van der Waals surface area contributed by atoms with Gasteiger partial charge in [0, 0.05) is 13.2 Å². The Morgan fingerprint density at radius 3 is 2.51 bits per heavy atom. The maximum atomic E-state index is 14.1. The second-order valence-corrected chi connectivity index (χ2v) is 14.1. The predicted octanol–water partition coefficient (Wildman–Crippen LogP) is 4.89. The van der Waals surface area contributed by atoms with Crippen molar-refractivity contribution in [1.29, 1.82) is 0 Å². The first-order chi connectivity index (χ1) is 20.4. The third-order valence-corrected chi connectivity index (χ3v) is 10.6. The number of benzene rings is 1. The molecule has 0 bridgehead atoms. The van der Waals surface area contributed by atoms with Gasteiger partial charge in [0.25, 0.3) is 0 Å². The van der Waals surface area contributed by atoms with Gasteiger partial charge in [-0.15, -0.1) is 0 Å². The summed E-state index contributed by atoms with van der Waals surface area (Å²) in [6, 6.07) is 4.92. The molecule has 5 rings (SSSR count). The molecule has 2 aliphatic carbocycles. The van der Waals surface area contributed by atoms with Crippen LogP contribution in [-0.4, -0.2) is 60.8 Å². The second kappa shape index (κ2) is 12.1. The normalized spacial score (nSPS) is 27.5. The van der Waals surface area contributed by atoms with Gasteiger partial charge in [-0.1, -0.05) is 46.6 Å². The zero-order chi connectivity index (χ0) is 31.0. The number of likely N-dealkylation sites (N-methyl/N-ethyl adjacent to an activating group) is 1. The summed E-state index contributed by atoms with van der Waals surface area (Å²) >= 11 is 0. The van der Waals surface area contributed by atoms with E-state index in [0.717, 1.165) is 55.1 Å². The van der Waals surface area contributed by atoms with Crippen LogP contribution >= 0.6 is 0 Å². The number of fused-ring (bicyclic) bond motifs is 1. The topological polar surface area (TPSA) is 134 Å². The molecule has 236 valence electrons. The van der Waals surface area contributed by atoms with E-state index in [9.17, 15) is 14.4 Å². The minimum Gasteiger partial charge on any atom is -0.453 e. The maximum Gasteiger partial charge on any atom is 0.407 e. The van der Waals surface area contributed by atoms with E-state index in [1.807, 2.05) is 25.1 Å². The van der Waals surface area contributed by atoms with E-state index in [1.54, 1.807) is 0 Å². The number of rotatable bonds is 9. The van der Waals surface area contributed by atoms with Gasteiger partial charge in [-0.25, -0.2) is 9.78 Å². The van der Waals surface area contributed by atoms with Gasteiger partial charge in [-0.05, 0) is 79.4 Å². The first kappa shape index (κ1) is 31.3. The number of hydrogen-bond donors (Lipinski definition) is 4. The zero-order valence-electron chi connectivity index (χ0n) is 26.6. The molecule has 3 amide bonds. The summed E-state index contributed by atoms with van der Waals surface area (Å²) in [6.45, 7) is 12.0. The molecule has 10 heteroatoms. The van der Waals surface area contributed by atoms with Crippen LogP contribution < -0.4 is 16.0 Å². The Bertz CT molecular complexity index is 1340. The van der Waals surface area contributed by atoms with Crippen molar-refractivity contribution in [2.75, 3.05) is 26.9 Å². The number of methoxy groups -OCH3 is 1. The van der Waals surface area contributed by atoms with Crippen LogP contribution in [0.4, 0.5) is 4.79 Å². The number of carbonyl (C=O) groups excluding carboxylic acids is 3. The Morgan fingerprint density at radius 1 is 1.14 bits per heavy atom. The van der Waals surface area contributed by atoms with Gasteiger partial charge < -0.3 is 30.4 Å². The minimum absolute atomic E-state index is 0.00545. The summed E-state index contributed by atoms with van der Waals surface area (Å²) in [7, 11) is 1.38. The number of hydrogen-bond acceptors (Lipinski definition) is 6. The Labute approximate surface area is 254 Å². The van der Waals surface area contributed by atoms with E-state index in [4.69, 9.17) is 14.5 Å². The fourth-order valence-electron chi connectivity index (χ4n) is 7.87. The van der Waals surface area contributed by atoms with Gasteiger partial charge in [-0.3, -0.25) is 9.59 Å². The molecule has 10 nitrogen and oxygen atoms in total. The highest BCUT2D eigenvalue weighted by molar-refractivity contribution is 5.95. The van der Waals surface area contributed by atoms with E-state index in [0.29, 0.717) is 31.3 Å². The first-order valence-electron chi connectivity index (χ1n) is 15.9. The van der Waals surface area contributed by atoms with E-state index in [1.165, 1.54) is 7.11 Å². The Morgan fingerprint density at radius 2 is 1.91 bits per heavy atom. The monoisotopic (exact) mass is 595 g/mol. The number of aromatic nitrogens is 2. The van der Waals surface area contributed by atoms with Crippen molar-refractivity contribution in [3.05, 3.63) is 29.6 Å². The molecule has 2 heterocycles. The molecule has 2 aromatic rings. The summed E-state index contributed by atoms with van der Waals surface area (Å²) in [5.74, 6) is 1.15. The molecule has 0 spiro atoms. The summed E-state index contributed by atoms with van der Waals surface area (Å²) in [5.41, 5.74) is 1.16. The van der Waals surface area contributed by atoms with Gasteiger partial charge in [0.1, 0.15) is 11.9 Å². The van der Waals surface area contributed by atoms with Crippen LogP contribution in [0.5, 0.6) is 0 Å². The van der Waals surface area contributed by atoms with Crippen LogP contribution in [0, 0.1) is 22.7 Å². The molecule has 1 aromatic heterocycles. The lowest BCUT2D eigenvalue weighted by Gasteiger charge is -2.45. The van der Waals surface area contributed by atoms with Gasteiger partial charge >= 0.3 is 6.09 Å². The van der Waals surface area contributed by atoms with Crippen LogP contribution in [0.15, 0.2) is 18.2 Å². The molecular formula is C33H49N5O5. The van der Waals surface area contributed by atoms with Crippen LogP contribution in [0.2, 0.25) is 0 Å². The smallest absolute Gasteiger partial charge is 0.407 e. The molecule has 1 aromatic carbocycles. The number of ether oxygens (including phenoxy) is 2. The first-order valence-corrected chi connectivity index (χ1v) is 15.9. The molecule has 3 aliphatic rings. The summed E-state index contributed by atoms with van der Waals surface area (Å²) < 4.78 is 10.8. The number of nitrogens with zero attached hydrogens (tertiary/aromatic N) is 1. The van der Waals surface area contributed by atoms with E-state index in [-0.39, 0.29) is 41.2 Å². The molecule has 0 radical (unpaired) electrons. The SMILES string of the molecule is CCNC(=O)[C@H](NC(=O)C1(c2ccc3[nH]c(C(NC(=O)OC)C4CCC(C)CC4(C)C)nc3c2)CCOC1)C1(C)CCC1. The third kappa shape index (κ3) is 5.99. The number of nitrogens with one attached hydrogen (secondary N) is 4. The van der Waals surface area contributed by atoms with Crippen molar-refractivity contribution in [2.45, 2.75) is 97.1 Å². The number of aromatic amines is 1. The minimum atomic E-state index is -0.927. The maximum absolute atomic E-state index is 14.1. The van der Waals surface area contributed by atoms with Crippen molar-refractivity contribution in [3.63, 3.8) is 0 Å². The molecule has 4 N–H and O–H groups in total. The molecule has 43 heavy (non-hydrogen) atoms. The lowest BCUT2D eigenvalue weighted by atomic mass is 9.63. The second-order valence-electron chi connectivity index (χ2n) is 14.1. The fraction of sp³-hybridized carbons (Fsp3) is 0.697. The predicted molar refractivity (Wildman–Crippen MR) is 164 cm³/mol. The number of carbonyl (C=O) groups is 3. The molecular weight excluding hydrogens is 546 g/mol. The highest BCUT2D eigenvalue weighted by Crippen LogP contribution is 2.49. The lowest BCUT2D eigenvalue weighted by Crippen LogP contribution is -2.61. The van der Waals surface area contributed by atoms with E-state index >= 15 is 0 Å². The molecule has 4 unspecified atom stereocenters. The Hall–Kier alpha value is -3.14. The number of H-pyrrole nitrogens is 1. The highest BCUT2D eigenvalue weighted by Gasteiger charge is 2.50. The standard InChI is InChI=1S/C33H49N5O5/c1-7-34-28(39)26(32(5)13-8-14-32)38-29(40)33(15-16-43-19-33)21-10-12-23-24(17-21)36-27(35-23)25(37-30(41)42-6)22-11-9-20(2)18-31(22,3)4/h10,12,17,20,22,25-26H,7-9,11,13-16,18-19H2,1-6H3,(H,34,39)(H,35,36)(H,37,41)(H,38,40)/t20?,22?,25?,26-,33?/m0/s1. The third-order valence-electron chi connectivity index (χ3n) is 10.6. The highest BCUT2D eigenvalue weighted by atomic mass is 16.5. The average Bonchev–Trinajstić information content (AvgIpc) is 3.61. The van der Waals surface area contributed by atoms with Crippen molar-refractivity contribution >= 4 is 28.9 Å². The van der Waals surface area contributed by atoms with Gasteiger partial charge in [0.15, 0.2) is 0 Å². The number of amides is 3. The van der Waals surface area contributed by atoms with Crippen LogP contribution in [0.1, 0.15) is 97.0 Å². The molecule has 1 aliphatic heterocycles. The van der Waals surface area contributed by atoms with Crippen molar-refractivity contribution < 1.29 is 23.9 Å². The Balaban J connectivity index is 1.47. The van der Waals surface area contributed by atoms with E-state index in [2.05, 4.69) is 48.6 Å².